The van der Waals surface area contributed by atoms with Crippen LogP contribution in [0.3, 0.4) is 0 Å². The van der Waals surface area contributed by atoms with E-state index in [4.69, 9.17) is 9.15 Å². The molecule has 0 bridgehead atoms. The highest BCUT2D eigenvalue weighted by Crippen LogP contribution is 2.15. The minimum Gasteiger partial charge on any atom is -0.457 e. The molecule has 4 nitrogen and oxygen atoms in total. The van der Waals surface area contributed by atoms with Crippen LogP contribution in [0.1, 0.15) is 15.9 Å². The number of rotatable bonds is 3. The van der Waals surface area contributed by atoms with Crippen LogP contribution in [0.4, 0.5) is 0 Å². The molecule has 3 rings (SSSR count). The summed E-state index contributed by atoms with van der Waals surface area (Å²) in [6.07, 6.45) is 1.35. The second kappa shape index (κ2) is 4.94. The van der Waals surface area contributed by atoms with Crippen LogP contribution in [0, 0.1) is 0 Å². The molecule has 0 saturated carbocycles. The number of benzene rings is 2. The maximum absolute atomic E-state index is 11.9. The van der Waals surface area contributed by atoms with Crippen molar-refractivity contribution in [1.82, 2.24) is 4.98 Å². The third-order valence-corrected chi connectivity index (χ3v) is 2.78. The third kappa shape index (κ3) is 2.47. The first-order valence-corrected chi connectivity index (χ1v) is 5.87. The van der Waals surface area contributed by atoms with E-state index in [-0.39, 0.29) is 12.6 Å². The van der Waals surface area contributed by atoms with E-state index in [0.29, 0.717) is 16.7 Å². The predicted molar refractivity (Wildman–Crippen MR) is 69.6 cm³/mol. The standard InChI is InChI=1S/C15H11NO3/c17-15(18-9-11-4-2-1-3-5-11)12-6-7-14-13(8-12)16-10-19-14/h1-8,10H,9H2. The molecule has 0 radical (unpaired) electrons. The summed E-state index contributed by atoms with van der Waals surface area (Å²) in [7, 11) is 0. The number of nitrogens with zero attached hydrogens (tertiary/aromatic N) is 1. The molecule has 2 aromatic carbocycles. The topological polar surface area (TPSA) is 52.3 Å². The van der Waals surface area contributed by atoms with Crippen molar-refractivity contribution in [2.45, 2.75) is 6.61 Å². The van der Waals surface area contributed by atoms with Crippen molar-refractivity contribution in [3.05, 3.63) is 66.1 Å². The SMILES string of the molecule is O=C(OCc1ccccc1)c1ccc2ocnc2c1. The van der Waals surface area contributed by atoms with Gasteiger partial charge in [-0.1, -0.05) is 30.3 Å². The van der Waals surface area contributed by atoms with Gasteiger partial charge in [0, 0.05) is 0 Å². The molecule has 0 aliphatic carbocycles. The van der Waals surface area contributed by atoms with Gasteiger partial charge >= 0.3 is 5.97 Å². The summed E-state index contributed by atoms with van der Waals surface area (Å²) in [5.74, 6) is -0.367. The number of hydrogen-bond acceptors (Lipinski definition) is 4. The molecule has 94 valence electrons. The van der Waals surface area contributed by atoms with E-state index in [2.05, 4.69) is 4.98 Å². The number of fused-ring (bicyclic) bond motifs is 1. The molecule has 0 atom stereocenters. The van der Waals surface area contributed by atoms with Crippen molar-refractivity contribution >= 4 is 17.1 Å². The molecule has 1 aromatic heterocycles. The molecule has 4 heteroatoms. The Balaban J connectivity index is 1.73. The molecule has 0 unspecified atom stereocenters. The summed E-state index contributed by atoms with van der Waals surface area (Å²) in [6, 6.07) is 14.6. The monoisotopic (exact) mass is 253 g/mol. The molecule has 0 aliphatic rings. The van der Waals surface area contributed by atoms with Crippen LogP contribution in [0.15, 0.2) is 59.3 Å². The lowest BCUT2D eigenvalue weighted by Crippen LogP contribution is -2.05. The van der Waals surface area contributed by atoms with Crippen molar-refractivity contribution in [3.63, 3.8) is 0 Å². The normalized spacial score (nSPS) is 10.5. The smallest absolute Gasteiger partial charge is 0.338 e. The van der Waals surface area contributed by atoms with Gasteiger partial charge in [-0.25, -0.2) is 9.78 Å². The maximum Gasteiger partial charge on any atom is 0.338 e. The highest BCUT2D eigenvalue weighted by molar-refractivity contribution is 5.93. The van der Waals surface area contributed by atoms with Crippen LogP contribution < -0.4 is 0 Å². The fraction of sp³-hybridized carbons (Fsp3) is 0.0667. The molecule has 3 aromatic rings. The zero-order valence-corrected chi connectivity index (χ0v) is 10.1. The number of carbonyl (C=O) groups excluding carboxylic acids is 1. The lowest BCUT2D eigenvalue weighted by molar-refractivity contribution is 0.0473. The Bertz CT molecular complexity index is 703. The van der Waals surface area contributed by atoms with Crippen molar-refractivity contribution in [3.8, 4) is 0 Å². The van der Waals surface area contributed by atoms with E-state index >= 15 is 0 Å². The molecule has 0 N–H and O–H groups in total. The summed E-state index contributed by atoms with van der Waals surface area (Å²) >= 11 is 0. The molecule has 19 heavy (non-hydrogen) atoms. The summed E-state index contributed by atoms with van der Waals surface area (Å²) in [4.78, 5) is 15.9. The number of esters is 1. The van der Waals surface area contributed by atoms with Crippen LogP contribution in [0.25, 0.3) is 11.1 Å². The Morgan fingerprint density at radius 3 is 2.84 bits per heavy atom. The summed E-state index contributed by atoms with van der Waals surface area (Å²) in [6.45, 7) is 0.260. The Kier molecular flexibility index (Phi) is 2.98. The minimum absolute atomic E-state index is 0.260. The summed E-state index contributed by atoms with van der Waals surface area (Å²) in [5, 5.41) is 0. The van der Waals surface area contributed by atoms with Crippen LogP contribution in [-0.2, 0) is 11.3 Å². The molecule has 1 heterocycles. The second-order valence-corrected chi connectivity index (χ2v) is 4.10. The number of hydrogen-bond donors (Lipinski definition) is 0. The van der Waals surface area contributed by atoms with Crippen LogP contribution >= 0.6 is 0 Å². The predicted octanol–water partition coefficient (Wildman–Crippen LogP) is 3.18. The van der Waals surface area contributed by atoms with Crippen LogP contribution in [-0.4, -0.2) is 11.0 Å². The van der Waals surface area contributed by atoms with Crippen LogP contribution in [0.5, 0.6) is 0 Å². The first-order chi connectivity index (χ1) is 9.33. The maximum atomic E-state index is 11.9. The molecule has 0 aliphatic heterocycles. The average Bonchev–Trinajstić information content (AvgIpc) is 2.93. The van der Waals surface area contributed by atoms with E-state index in [0.717, 1.165) is 5.56 Å². The molecular formula is C15H11NO3. The number of aromatic nitrogens is 1. The lowest BCUT2D eigenvalue weighted by atomic mass is 10.2. The number of carbonyl (C=O) groups is 1. The van der Waals surface area contributed by atoms with E-state index in [1.807, 2.05) is 30.3 Å². The van der Waals surface area contributed by atoms with E-state index in [9.17, 15) is 4.79 Å². The van der Waals surface area contributed by atoms with Gasteiger partial charge in [0.25, 0.3) is 0 Å². The highest BCUT2D eigenvalue weighted by atomic mass is 16.5. The van der Waals surface area contributed by atoms with Crippen molar-refractivity contribution in [2.24, 2.45) is 0 Å². The van der Waals surface area contributed by atoms with E-state index in [1.54, 1.807) is 18.2 Å². The zero-order chi connectivity index (χ0) is 13.1. The van der Waals surface area contributed by atoms with E-state index in [1.165, 1.54) is 6.39 Å². The van der Waals surface area contributed by atoms with Gasteiger partial charge in [0.05, 0.1) is 5.56 Å². The van der Waals surface area contributed by atoms with Crippen molar-refractivity contribution in [2.75, 3.05) is 0 Å². The van der Waals surface area contributed by atoms with Gasteiger partial charge < -0.3 is 9.15 Å². The van der Waals surface area contributed by atoms with Crippen molar-refractivity contribution in [1.29, 1.82) is 0 Å². The molecular weight excluding hydrogens is 242 g/mol. The highest BCUT2D eigenvalue weighted by Gasteiger charge is 2.09. The third-order valence-electron chi connectivity index (χ3n) is 2.78. The van der Waals surface area contributed by atoms with Crippen LogP contribution in [0.2, 0.25) is 0 Å². The van der Waals surface area contributed by atoms with Gasteiger partial charge in [-0.2, -0.15) is 0 Å². The van der Waals surface area contributed by atoms with Gasteiger partial charge in [-0.15, -0.1) is 0 Å². The number of ether oxygens (including phenoxy) is 1. The molecule has 0 fully saturated rings. The lowest BCUT2D eigenvalue weighted by Gasteiger charge is -2.04. The second-order valence-electron chi connectivity index (χ2n) is 4.10. The van der Waals surface area contributed by atoms with E-state index < -0.39 is 0 Å². The Labute approximate surface area is 109 Å². The van der Waals surface area contributed by atoms with Gasteiger partial charge in [0.15, 0.2) is 12.0 Å². The fourth-order valence-electron chi connectivity index (χ4n) is 1.79. The average molecular weight is 253 g/mol. The molecule has 0 spiro atoms. The quantitative estimate of drug-likeness (QED) is 0.673. The summed E-state index contributed by atoms with van der Waals surface area (Å²) < 4.78 is 10.4. The Morgan fingerprint density at radius 1 is 1.16 bits per heavy atom. The Morgan fingerprint density at radius 2 is 2.00 bits per heavy atom. The largest absolute Gasteiger partial charge is 0.457 e. The zero-order valence-electron chi connectivity index (χ0n) is 10.1. The van der Waals surface area contributed by atoms with Crippen molar-refractivity contribution < 1.29 is 13.9 Å². The van der Waals surface area contributed by atoms with Gasteiger partial charge in [-0.05, 0) is 23.8 Å². The fourth-order valence-corrected chi connectivity index (χ4v) is 1.79. The minimum atomic E-state index is -0.367. The van der Waals surface area contributed by atoms with Gasteiger partial charge in [0.1, 0.15) is 12.1 Å². The molecule has 0 saturated heterocycles. The number of oxazole rings is 1. The first kappa shape index (κ1) is 11.5. The van der Waals surface area contributed by atoms with Gasteiger partial charge in [-0.3, -0.25) is 0 Å². The summed E-state index contributed by atoms with van der Waals surface area (Å²) in [5.41, 5.74) is 2.73. The first-order valence-electron chi connectivity index (χ1n) is 5.87. The van der Waals surface area contributed by atoms with Gasteiger partial charge in [0.2, 0.25) is 0 Å². The molecule has 0 amide bonds. The Hall–Kier alpha value is -2.62.